The summed E-state index contributed by atoms with van der Waals surface area (Å²) in [5, 5.41) is 3.98. The van der Waals surface area contributed by atoms with E-state index < -0.39 is 0 Å². The topological polar surface area (TPSA) is 63.5 Å². The molecule has 1 N–H and O–H groups in total. The first-order valence-electron chi connectivity index (χ1n) is 8.06. The van der Waals surface area contributed by atoms with Crippen LogP contribution in [-0.4, -0.2) is 15.3 Å². The highest BCUT2D eigenvalue weighted by molar-refractivity contribution is 6.30. The van der Waals surface area contributed by atoms with E-state index >= 15 is 0 Å². The Morgan fingerprint density at radius 3 is 2.77 bits per heavy atom. The van der Waals surface area contributed by atoms with E-state index in [0.717, 1.165) is 5.56 Å². The quantitative estimate of drug-likeness (QED) is 0.567. The molecule has 2 aromatic heterocycles. The molecule has 1 amide bonds. The molecular weight excluding hydrogens is 350 g/mol. The molecule has 0 spiro atoms. The first-order valence-corrected chi connectivity index (χ1v) is 8.44. The van der Waals surface area contributed by atoms with E-state index in [9.17, 15) is 9.59 Å². The van der Waals surface area contributed by atoms with Gasteiger partial charge in [0.05, 0.1) is 16.5 Å². The number of halogens is 1. The van der Waals surface area contributed by atoms with Crippen LogP contribution in [0.5, 0.6) is 0 Å². The van der Waals surface area contributed by atoms with Gasteiger partial charge in [-0.05, 0) is 42.0 Å². The summed E-state index contributed by atoms with van der Waals surface area (Å²) in [5.74, 6) is -0.301. The van der Waals surface area contributed by atoms with Crippen molar-refractivity contribution in [1.82, 2.24) is 14.7 Å². The number of para-hydroxylation sites is 1. The smallest absolute Gasteiger partial charge is 0.265 e. The number of nitrogens with one attached hydrogen (secondary N) is 1. The lowest BCUT2D eigenvalue weighted by molar-refractivity contribution is 0.0952. The van der Waals surface area contributed by atoms with Crippen LogP contribution in [0.15, 0.2) is 71.7 Å². The van der Waals surface area contributed by atoms with Crippen LogP contribution in [0.3, 0.4) is 0 Å². The number of aromatic nitrogens is 2. The number of amides is 1. The number of benzene rings is 2. The average Bonchev–Trinajstić information content (AvgIpc) is 2.66. The van der Waals surface area contributed by atoms with Crippen molar-refractivity contribution >= 4 is 34.1 Å². The van der Waals surface area contributed by atoms with Gasteiger partial charge in [-0.1, -0.05) is 35.9 Å². The molecule has 0 saturated carbocycles. The first kappa shape index (κ1) is 16.3. The number of hydrogen-bond donors (Lipinski definition) is 1. The fourth-order valence-electron chi connectivity index (χ4n) is 2.88. The number of rotatable bonds is 3. The third kappa shape index (κ3) is 2.93. The minimum atomic E-state index is -0.301. The number of pyridine rings is 1. The summed E-state index contributed by atoms with van der Waals surface area (Å²) < 4.78 is 1.40. The summed E-state index contributed by atoms with van der Waals surface area (Å²) in [4.78, 5) is 29.8. The summed E-state index contributed by atoms with van der Waals surface area (Å²) in [6.07, 6.45) is 1.62. The Morgan fingerprint density at radius 1 is 1.08 bits per heavy atom. The van der Waals surface area contributed by atoms with Crippen LogP contribution in [0.2, 0.25) is 5.02 Å². The van der Waals surface area contributed by atoms with Crippen molar-refractivity contribution in [2.24, 2.45) is 0 Å². The van der Waals surface area contributed by atoms with E-state index in [1.807, 2.05) is 18.2 Å². The molecule has 5 nitrogen and oxygen atoms in total. The number of carbonyl (C=O) groups is 1. The van der Waals surface area contributed by atoms with Crippen molar-refractivity contribution in [2.75, 3.05) is 0 Å². The number of fused-ring (bicyclic) bond motifs is 2. The van der Waals surface area contributed by atoms with Gasteiger partial charge < -0.3 is 5.32 Å². The van der Waals surface area contributed by atoms with Gasteiger partial charge in [0.25, 0.3) is 11.5 Å². The van der Waals surface area contributed by atoms with E-state index in [4.69, 9.17) is 11.6 Å². The Hall–Kier alpha value is -3.18. The number of nitrogens with zero attached hydrogens (tertiary/aromatic N) is 2. The number of hydrogen-bond acceptors (Lipinski definition) is 3. The SMILES string of the molecule is O=C(NCc1cccc(Cl)c1)c1cccn2c(=O)c3ccccc3nc12. The van der Waals surface area contributed by atoms with Crippen molar-refractivity contribution in [3.8, 4) is 0 Å². The molecule has 0 bridgehead atoms. The third-order valence-corrected chi connectivity index (χ3v) is 4.37. The molecule has 0 radical (unpaired) electrons. The Labute approximate surface area is 153 Å². The van der Waals surface area contributed by atoms with Crippen molar-refractivity contribution in [1.29, 1.82) is 0 Å². The highest BCUT2D eigenvalue weighted by Crippen LogP contribution is 2.14. The van der Waals surface area contributed by atoms with E-state index in [2.05, 4.69) is 10.3 Å². The van der Waals surface area contributed by atoms with E-state index in [1.54, 1.807) is 48.7 Å². The van der Waals surface area contributed by atoms with Gasteiger partial charge >= 0.3 is 0 Å². The van der Waals surface area contributed by atoms with E-state index in [1.165, 1.54) is 4.40 Å². The Kier molecular flexibility index (Phi) is 4.14. The maximum Gasteiger partial charge on any atom is 0.265 e. The maximum atomic E-state index is 12.7. The molecule has 4 rings (SSSR count). The molecule has 6 heteroatoms. The van der Waals surface area contributed by atoms with Crippen LogP contribution in [0, 0.1) is 0 Å². The Balaban J connectivity index is 1.74. The molecule has 4 aromatic rings. The summed E-state index contributed by atoms with van der Waals surface area (Å²) in [7, 11) is 0. The largest absolute Gasteiger partial charge is 0.348 e. The Bertz CT molecular complexity index is 1200. The predicted octanol–water partition coefficient (Wildman–Crippen LogP) is 3.43. The fourth-order valence-corrected chi connectivity index (χ4v) is 3.09. The van der Waals surface area contributed by atoms with Gasteiger partial charge in [-0.15, -0.1) is 0 Å². The van der Waals surface area contributed by atoms with Crippen LogP contribution in [0.1, 0.15) is 15.9 Å². The first-order chi connectivity index (χ1) is 12.6. The van der Waals surface area contributed by atoms with Crippen LogP contribution in [0.25, 0.3) is 16.6 Å². The summed E-state index contributed by atoms with van der Waals surface area (Å²) in [5.41, 5.74) is 1.93. The van der Waals surface area contributed by atoms with E-state index in [-0.39, 0.29) is 11.5 Å². The van der Waals surface area contributed by atoms with Gasteiger partial charge in [-0.3, -0.25) is 14.0 Å². The van der Waals surface area contributed by atoms with Crippen LogP contribution in [0.4, 0.5) is 0 Å². The minimum absolute atomic E-state index is 0.199. The maximum absolute atomic E-state index is 12.7. The zero-order valence-electron chi connectivity index (χ0n) is 13.6. The normalized spacial score (nSPS) is 11.0. The predicted molar refractivity (Wildman–Crippen MR) is 102 cm³/mol. The lowest BCUT2D eigenvalue weighted by Gasteiger charge is -2.09. The van der Waals surface area contributed by atoms with Gasteiger partial charge in [-0.25, -0.2) is 4.98 Å². The fraction of sp³-hybridized carbons (Fsp3) is 0.0500. The molecule has 0 fully saturated rings. The summed E-state index contributed by atoms with van der Waals surface area (Å²) in [6, 6.07) is 17.7. The average molecular weight is 364 g/mol. The van der Waals surface area contributed by atoms with Gasteiger partial charge in [0.15, 0.2) is 5.65 Å². The molecule has 128 valence electrons. The summed E-state index contributed by atoms with van der Waals surface area (Å²) in [6.45, 7) is 0.332. The van der Waals surface area contributed by atoms with Gasteiger partial charge in [-0.2, -0.15) is 0 Å². The summed E-state index contributed by atoms with van der Waals surface area (Å²) >= 11 is 5.97. The lowest BCUT2D eigenvalue weighted by atomic mass is 10.2. The highest BCUT2D eigenvalue weighted by Gasteiger charge is 2.14. The molecule has 2 heterocycles. The Morgan fingerprint density at radius 2 is 1.92 bits per heavy atom. The molecule has 26 heavy (non-hydrogen) atoms. The van der Waals surface area contributed by atoms with Crippen molar-refractivity contribution in [2.45, 2.75) is 6.54 Å². The zero-order valence-corrected chi connectivity index (χ0v) is 14.4. The third-order valence-electron chi connectivity index (χ3n) is 4.13. The van der Waals surface area contributed by atoms with Crippen LogP contribution < -0.4 is 10.9 Å². The second-order valence-electron chi connectivity index (χ2n) is 5.86. The molecule has 0 atom stereocenters. The second-order valence-corrected chi connectivity index (χ2v) is 6.30. The molecule has 2 aromatic carbocycles. The molecule has 0 aliphatic carbocycles. The van der Waals surface area contributed by atoms with Crippen molar-refractivity contribution in [3.05, 3.63) is 93.4 Å². The second kappa shape index (κ2) is 6.61. The standard InChI is InChI=1S/C20H14ClN3O2/c21-14-6-3-5-13(11-14)12-22-19(25)16-8-4-10-24-18(16)23-17-9-2-1-7-15(17)20(24)26/h1-11H,12H2,(H,22,25). The van der Waals surface area contributed by atoms with Gasteiger partial charge in [0.1, 0.15) is 0 Å². The van der Waals surface area contributed by atoms with Crippen LogP contribution >= 0.6 is 11.6 Å². The monoisotopic (exact) mass is 363 g/mol. The lowest BCUT2D eigenvalue weighted by Crippen LogP contribution is -2.25. The molecular formula is C20H14ClN3O2. The number of carbonyl (C=O) groups excluding carboxylic acids is 1. The zero-order chi connectivity index (χ0) is 18.1. The minimum Gasteiger partial charge on any atom is -0.348 e. The van der Waals surface area contributed by atoms with Crippen molar-refractivity contribution in [3.63, 3.8) is 0 Å². The van der Waals surface area contributed by atoms with Crippen molar-refractivity contribution < 1.29 is 4.79 Å². The van der Waals surface area contributed by atoms with Crippen LogP contribution in [-0.2, 0) is 6.54 Å². The molecule has 0 unspecified atom stereocenters. The highest BCUT2D eigenvalue weighted by atomic mass is 35.5. The van der Waals surface area contributed by atoms with E-state index in [0.29, 0.717) is 33.7 Å². The molecule has 0 saturated heterocycles. The molecule has 0 aliphatic heterocycles. The van der Waals surface area contributed by atoms with Gasteiger partial charge in [0.2, 0.25) is 0 Å². The molecule has 0 aliphatic rings. The van der Waals surface area contributed by atoms with Gasteiger partial charge in [0, 0.05) is 17.8 Å².